The van der Waals surface area contributed by atoms with Crippen molar-refractivity contribution >= 4 is 52.0 Å². The summed E-state index contributed by atoms with van der Waals surface area (Å²) in [4.78, 5) is 15.2. The average Bonchev–Trinajstić information content (AvgIpc) is 2.66. The number of carbonyl (C=O) groups is 1. The van der Waals surface area contributed by atoms with Crippen molar-refractivity contribution in [1.29, 1.82) is 0 Å². The molecule has 4 nitrogen and oxygen atoms in total. The number of hydrogen-bond donors (Lipinski definition) is 1. The zero-order chi connectivity index (χ0) is 19.2. The number of amides is 1. The second kappa shape index (κ2) is 9.40. The van der Waals surface area contributed by atoms with E-state index in [4.69, 9.17) is 40.2 Å². The van der Waals surface area contributed by atoms with Crippen molar-refractivity contribution < 1.29 is 9.53 Å². The number of likely N-dealkylation sites (tertiary alicyclic amines) is 1. The molecule has 0 aliphatic carbocycles. The molecule has 1 aliphatic heterocycles. The molecule has 1 N–H and O–H groups in total. The van der Waals surface area contributed by atoms with Crippen molar-refractivity contribution in [3.8, 4) is 5.75 Å². The first-order chi connectivity index (χ1) is 13.0. The van der Waals surface area contributed by atoms with Gasteiger partial charge in [-0.3, -0.25) is 4.79 Å². The Morgan fingerprint density at radius 1 is 1.04 bits per heavy atom. The lowest BCUT2D eigenvalue weighted by molar-refractivity contribution is -0.118. The predicted molar refractivity (Wildman–Crippen MR) is 114 cm³/mol. The van der Waals surface area contributed by atoms with Gasteiger partial charge in [-0.25, -0.2) is 0 Å². The number of halogens is 2. The minimum atomic E-state index is -0.291. The number of rotatable bonds is 5. The molecule has 1 heterocycles. The van der Waals surface area contributed by atoms with Crippen LogP contribution in [0.25, 0.3) is 0 Å². The monoisotopic (exact) mass is 422 g/mol. The molecule has 0 unspecified atom stereocenters. The molecular formula is C20H20Cl2N2O2S. The van der Waals surface area contributed by atoms with Crippen LogP contribution in [0.4, 0.5) is 5.69 Å². The first-order valence-electron chi connectivity index (χ1n) is 8.79. The number of piperidine rings is 1. The molecule has 0 atom stereocenters. The molecule has 1 saturated heterocycles. The molecule has 1 fully saturated rings. The molecule has 2 aromatic carbocycles. The number of anilines is 1. The van der Waals surface area contributed by atoms with E-state index in [2.05, 4.69) is 10.2 Å². The number of ether oxygens (including phenoxy) is 1. The maximum atomic E-state index is 12.0. The number of nitrogens with one attached hydrogen (secondary N) is 1. The SMILES string of the molecule is O=C(COc1ccc(C(=S)N2CCCCC2)cc1)Nc1cc(Cl)cc(Cl)c1. The number of hydrogen-bond acceptors (Lipinski definition) is 3. The Bertz CT molecular complexity index is 801. The molecule has 0 spiro atoms. The third-order valence-corrected chi connectivity index (χ3v) is 5.19. The van der Waals surface area contributed by atoms with Crippen LogP contribution in [-0.4, -0.2) is 35.5 Å². The summed E-state index contributed by atoms with van der Waals surface area (Å²) in [7, 11) is 0. The van der Waals surface area contributed by atoms with E-state index in [9.17, 15) is 4.79 Å². The molecule has 1 amide bonds. The molecule has 0 aromatic heterocycles. The van der Waals surface area contributed by atoms with E-state index in [1.54, 1.807) is 18.2 Å². The van der Waals surface area contributed by atoms with Crippen molar-refractivity contribution in [2.45, 2.75) is 19.3 Å². The fourth-order valence-corrected chi connectivity index (χ4v) is 3.79. The highest BCUT2D eigenvalue weighted by atomic mass is 35.5. The van der Waals surface area contributed by atoms with Gasteiger partial charge in [0.25, 0.3) is 5.91 Å². The Morgan fingerprint density at radius 3 is 2.30 bits per heavy atom. The highest BCUT2D eigenvalue weighted by Gasteiger charge is 2.14. The van der Waals surface area contributed by atoms with Gasteiger partial charge in [0.15, 0.2) is 6.61 Å². The Kier molecular flexibility index (Phi) is 6.94. The second-order valence-corrected chi connectivity index (χ2v) is 7.63. The molecular weight excluding hydrogens is 403 g/mol. The first-order valence-corrected chi connectivity index (χ1v) is 9.96. The molecule has 142 valence electrons. The predicted octanol–water partition coefficient (Wildman–Crippen LogP) is 5.17. The van der Waals surface area contributed by atoms with Crippen LogP contribution in [0.15, 0.2) is 42.5 Å². The van der Waals surface area contributed by atoms with E-state index in [0.29, 0.717) is 21.5 Å². The summed E-state index contributed by atoms with van der Waals surface area (Å²) in [6, 6.07) is 12.4. The van der Waals surface area contributed by atoms with Crippen LogP contribution in [-0.2, 0) is 4.79 Å². The Morgan fingerprint density at radius 2 is 1.67 bits per heavy atom. The number of thiocarbonyl (C=S) groups is 1. The van der Waals surface area contributed by atoms with Crippen LogP contribution in [0.2, 0.25) is 10.0 Å². The first kappa shape index (κ1) is 19.9. The maximum absolute atomic E-state index is 12.0. The van der Waals surface area contributed by atoms with Crippen molar-refractivity contribution in [2.24, 2.45) is 0 Å². The van der Waals surface area contributed by atoms with Gasteiger partial charge >= 0.3 is 0 Å². The largest absolute Gasteiger partial charge is 0.484 e. The van der Waals surface area contributed by atoms with E-state index in [-0.39, 0.29) is 12.5 Å². The zero-order valence-electron chi connectivity index (χ0n) is 14.7. The van der Waals surface area contributed by atoms with Gasteiger partial charge in [-0.1, -0.05) is 35.4 Å². The number of nitrogens with zero attached hydrogens (tertiary/aromatic N) is 1. The fourth-order valence-electron chi connectivity index (χ4n) is 2.95. The van der Waals surface area contributed by atoms with Gasteiger partial charge in [-0.15, -0.1) is 0 Å². The second-order valence-electron chi connectivity index (χ2n) is 6.37. The third kappa shape index (κ3) is 5.83. The van der Waals surface area contributed by atoms with Crippen LogP contribution < -0.4 is 10.1 Å². The Hall–Kier alpha value is -1.82. The van der Waals surface area contributed by atoms with E-state index in [0.717, 1.165) is 23.6 Å². The summed E-state index contributed by atoms with van der Waals surface area (Å²) in [5, 5.41) is 3.62. The summed E-state index contributed by atoms with van der Waals surface area (Å²) in [5.74, 6) is 0.320. The van der Waals surface area contributed by atoms with Gasteiger partial charge in [-0.05, 0) is 61.7 Å². The molecule has 27 heavy (non-hydrogen) atoms. The lowest BCUT2D eigenvalue weighted by Gasteiger charge is -2.29. The van der Waals surface area contributed by atoms with Crippen molar-refractivity contribution in [1.82, 2.24) is 4.90 Å². The molecule has 3 rings (SSSR count). The van der Waals surface area contributed by atoms with E-state index in [1.807, 2.05) is 24.3 Å². The molecule has 0 saturated carbocycles. The summed E-state index contributed by atoms with van der Waals surface area (Å²) in [6.07, 6.45) is 3.65. The summed E-state index contributed by atoms with van der Waals surface area (Å²) < 4.78 is 5.55. The van der Waals surface area contributed by atoms with Gasteiger partial charge in [-0.2, -0.15) is 0 Å². The number of benzene rings is 2. The molecule has 0 bridgehead atoms. The highest BCUT2D eigenvalue weighted by Crippen LogP contribution is 2.22. The normalized spacial score (nSPS) is 13.9. The van der Waals surface area contributed by atoms with Gasteiger partial charge in [0, 0.05) is 34.4 Å². The van der Waals surface area contributed by atoms with Crippen LogP contribution in [0.5, 0.6) is 5.75 Å². The van der Waals surface area contributed by atoms with E-state index >= 15 is 0 Å². The van der Waals surface area contributed by atoms with Crippen LogP contribution in [0.3, 0.4) is 0 Å². The Balaban J connectivity index is 1.52. The van der Waals surface area contributed by atoms with Crippen LogP contribution in [0, 0.1) is 0 Å². The van der Waals surface area contributed by atoms with Gasteiger partial charge < -0.3 is 15.0 Å². The Labute approximate surface area is 174 Å². The number of carbonyl (C=O) groups excluding carboxylic acids is 1. The third-order valence-electron chi connectivity index (χ3n) is 4.26. The lowest BCUT2D eigenvalue weighted by atomic mass is 10.1. The summed E-state index contributed by atoms with van der Waals surface area (Å²) >= 11 is 17.4. The summed E-state index contributed by atoms with van der Waals surface area (Å²) in [5.41, 5.74) is 1.53. The zero-order valence-corrected chi connectivity index (χ0v) is 17.0. The van der Waals surface area contributed by atoms with Gasteiger partial charge in [0.05, 0.1) is 0 Å². The fraction of sp³-hybridized carbons (Fsp3) is 0.300. The highest BCUT2D eigenvalue weighted by molar-refractivity contribution is 7.80. The average molecular weight is 423 g/mol. The molecule has 0 radical (unpaired) electrons. The van der Waals surface area contributed by atoms with Crippen molar-refractivity contribution in [2.75, 3.05) is 25.0 Å². The van der Waals surface area contributed by atoms with E-state index < -0.39 is 0 Å². The van der Waals surface area contributed by atoms with Crippen molar-refractivity contribution in [3.05, 3.63) is 58.1 Å². The minimum absolute atomic E-state index is 0.111. The quantitative estimate of drug-likeness (QED) is 0.674. The summed E-state index contributed by atoms with van der Waals surface area (Å²) in [6.45, 7) is 1.93. The van der Waals surface area contributed by atoms with Crippen molar-refractivity contribution in [3.63, 3.8) is 0 Å². The maximum Gasteiger partial charge on any atom is 0.262 e. The minimum Gasteiger partial charge on any atom is -0.484 e. The van der Waals surface area contributed by atoms with Gasteiger partial charge in [0.1, 0.15) is 10.7 Å². The van der Waals surface area contributed by atoms with Gasteiger partial charge in [0.2, 0.25) is 0 Å². The van der Waals surface area contributed by atoms with Crippen LogP contribution in [0.1, 0.15) is 24.8 Å². The van der Waals surface area contributed by atoms with E-state index in [1.165, 1.54) is 19.3 Å². The molecule has 7 heteroatoms. The van der Waals surface area contributed by atoms with Crippen LogP contribution >= 0.6 is 35.4 Å². The smallest absolute Gasteiger partial charge is 0.262 e. The standard InChI is InChI=1S/C20H20Cl2N2O2S/c21-15-10-16(22)12-17(11-15)23-19(25)13-26-18-6-4-14(5-7-18)20(27)24-8-2-1-3-9-24/h4-7,10-12H,1-3,8-9,13H2,(H,23,25). The topological polar surface area (TPSA) is 41.6 Å². The molecule has 2 aromatic rings. The lowest BCUT2D eigenvalue weighted by Crippen LogP contribution is -2.34. The molecule has 1 aliphatic rings.